The number of hydrogen-bond acceptors (Lipinski definition) is 5. The molecular weight excluding hydrogens is 236 g/mol. The van der Waals surface area contributed by atoms with E-state index in [0.29, 0.717) is 10.0 Å². The second-order valence-electron chi connectivity index (χ2n) is 3.99. The van der Waals surface area contributed by atoms with E-state index in [1.54, 1.807) is 13.8 Å². The third kappa shape index (κ3) is 3.36. The number of hydrogen-bond donors (Lipinski definition) is 3. The highest BCUT2D eigenvalue weighted by atomic mass is 32.1. The van der Waals surface area contributed by atoms with E-state index < -0.39 is 5.54 Å². The molecule has 0 saturated carbocycles. The van der Waals surface area contributed by atoms with E-state index in [4.69, 9.17) is 12.2 Å². The Morgan fingerprint density at radius 3 is 2.82 bits per heavy atom. The van der Waals surface area contributed by atoms with Gasteiger partial charge in [0.15, 0.2) is 5.13 Å². The van der Waals surface area contributed by atoms with E-state index in [-0.39, 0.29) is 11.7 Å². The number of anilines is 2. The number of aromatic nitrogens is 1. The van der Waals surface area contributed by atoms with Crippen LogP contribution in [0.4, 0.5) is 10.9 Å². The molecule has 1 aromatic rings. The molecule has 5 nitrogen and oxygen atoms in total. The number of nitrogens with zero attached hydrogens (tertiary/aromatic N) is 1. The van der Waals surface area contributed by atoms with E-state index in [2.05, 4.69) is 21.5 Å². The van der Waals surface area contributed by atoms with Crippen LogP contribution in [0.1, 0.15) is 30.4 Å². The average Bonchev–Trinajstić information content (AvgIpc) is 2.60. The molecule has 0 aliphatic rings. The van der Waals surface area contributed by atoms with E-state index in [9.17, 15) is 4.79 Å². The van der Waals surface area contributed by atoms with Crippen LogP contribution in [0.15, 0.2) is 0 Å². The topological polar surface area (TPSA) is 80.0 Å². The third-order valence-electron chi connectivity index (χ3n) is 1.97. The summed E-state index contributed by atoms with van der Waals surface area (Å²) < 4.78 is 0. The third-order valence-corrected chi connectivity index (χ3v) is 3.00. The van der Waals surface area contributed by atoms with Crippen molar-refractivity contribution in [1.82, 2.24) is 10.3 Å². The first-order chi connectivity index (χ1) is 7.89. The Bertz CT molecular complexity index is 459. The maximum atomic E-state index is 11.9. The van der Waals surface area contributed by atoms with Crippen LogP contribution in [0, 0.1) is 12.3 Å². The minimum atomic E-state index is -0.703. The molecule has 1 aromatic heterocycles. The number of rotatable bonds is 4. The summed E-state index contributed by atoms with van der Waals surface area (Å²) in [7, 11) is 0. The molecule has 1 amide bonds. The predicted octanol–water partition coefficient (Wildman–Crippen LogP) is 1.30. The highest BCUT2D eigenvalue weighted by Gasteiger charge is 2.22. The lowest BCUT2D eigenvalue weighted by atomic mass is 10.1. The van der Waals surface area contributed by atoms with Crippen molar-refractivity contribution in [3.63, 3.8) is 0 Å². The standard InChI is InChI=1S/C11H16N4OS/c1-5-11(3,4)15-9(16)7-8(12)14-10(17-7)13-6-2/h1H,6,12H2,2-4H3,(H,13,14)(H,15,16). The summed E-state index contributed by atoms with van der Waals surface area (Å²) in [5.41, 5.74) is 4.98. The molecule has 6 heteroatoms. The van der Waals surface area contributed by atoms with Crippen molar-refractivity contribution in [3.8, 4) is 12.3 Å². The fraction of sp³-hybridized carbons (Fsp3) is 0.455. The highest BCUT2D eigenvalue weighted by molar-refractivity contribution is 7.18. The largest absolute Gasteiger partial charge is 0.382 e. The van der Waals surface area contributed by atoms with Crippen molar-refractivity contribution in [2.75, 3.05) is 17.6 Å². The molecule has 0 spiro atoms. The molecule has 0 aliphatic heterocycles. The molecule has 0 radical (unpaired) electrons. The minimum absolute atomic E-state index is 0.219. The molecule has 0 fully saturated rings. The second-order valence-corrected chi connectivity index (χ2v) is 4.99. The summed E-state index contributed by atoms with van der Waals surface area (Å²) >= 11 is 1.22. The van der Waals surface area contributed by atoms with Crippen molar-refractivity contribution in [3.05, 3.63) is 4.88 Å². The Balaban J connectivity index is 2.86. The Morgan fingerprint density at radius 1 is 1.65 bits per heavy atom. The number of thiazole rings is 1. The van der Waals surface area contributed by atoms with Gasteiger partial charge in [-0.05, 0) is 20.8 Å². The first kappa shape index (κ1) is 13.3. The first-order valence-corrected chi connectivity index (χ1v) is 6.01. The van der Waals surface area contributed by atoms with Gasteiger partial charge < -0.3 is 16.4 Å². The van der Waals surface area contributed by atoms with E-state index in [1.165, 1.54) is 11.3 Å². The molecule has 0 saturated heterocycles. The first-order valence-electron chi connectivity index (χ1n) is 5.20. The van der Waals surface area contributed by atoms with Crippen molar-refractivity contribution >= 4 is 28.2 Å². The van der Waals surface area contributed by atoms with Crippen molar-refractivity contribution in [1.29, 1.82) is 0 Å². The molecule has 1 heterocycles. The quantitative estimate of drug-likeness (QED) is 0.706. The van der Waals surface area contributed by atoms with Gasteiger partial charge in [0, 0.05) is 6.54 Å². The maximum Gasteiger partial charge on any atom is 0.266 e. The van der Waals surface area contributed by atoms with Crippen molar-refractivity contribution in [2.45, 2.75) is 26.3 Å². The van der Waals surface area contributed by atoms with Gasteiger partial charge in [0.1, 0.15) is 10.7 Å². The maximum absolute atomic E-state index is 11.9. The zero-order valence-corrected chi connectivity index (χ0v) is 10.9. The summed E-state index contributed by atoms with van der Waals surface area (Å²) in [5.74, 6) is 2.41. The van der Waals surface area contributed by atoms with Gasteiger partial charge in [-0.1, -0.05) is 17.3 Å². The summed E-state index contributed by atoms with van der Waals surface area (Å²) in [6.07, 6.45) is 5.30. The SMILES string of the molecule is C#CC(C)(C)NC(=O)c1sc(NCC)nc1N. The fourth-order valence-electron chi connectivity index (χ4n) is 1.10. The molecular formula is C11H16N4OS. The number of nitrogens with one attached hydrogen (secondary N) is 2. The molecule has 4 N–H and O–H groups in total. The highest BCUT2D eigenvalue weighted by Crippen LogP contribution is 2.25. The van der Waals surface area contributed by atoms with Gasteiger partial charge in [-0.15, -0.1) is 6.42 Å². The normalized spacial score (nSPS) is 10.7. The van der Waals surface area contributed by atoms with Crippen LogP contribution >= 0.6 is 11.3 Å². The van der Waals surface area contributed by atoms with E-state index in [1.807, 2.05) is 6.92 Å². The second kappa shape index (κ2) is 5.06. The predicted molar refractivity (Wildman–Crippen MR) is 71.1 cm³/mol. The monoisotopic (exact) mass is 252 g/mol. The summed E-state index contributed by atoms with van der Waals surface area (Å²) in [6.45, 7) is 6.16. The van der Waals surface area contributed by atoms with Gasteiger partial charge in [0.05, 0.1) is 5.54 Å². The van der Waals surface area contributed by atoms with Gasteiger partial charge in [-0.2, -0.15) is 0 Å². The molecule has 0 aliphatic carbocycles. The molecule has 1 rings (SSSR count). The summed E-state index contributed by atoms with van der Waals surface area (Å²) in [6, 6.07) is 0. The summed E-state index contributed by atoms with van der Waals surface area (Å²) in [5, 5.41) is 6.35. The number of amides is 1. The molecule has 0 bridgehead atoms. The van der Waals surface area contributed by atoms with E-state index >= 15 is 0 Å². The van der Waals surface area contributed by atoms with E-state index in [0.717, 1.165) is 6.54 Å². The fourth-order valence-corrected chi connectivity index (χ4v) is 1.95. The summed E-state index contributed by atoms with van der Waals surface area (Å²) in [4.78, 5) is 16.3. The zero-order valence-electron chi connectivity index (χ0n) is 10.1. The molecule has 0 atom stereocenters. The number of carbonyl (C=O) groups excluding carboxylic acids is 1. The Labute approximate surface area is 105 Å². The van der Waals surface area contributed by atoms with Gasteiger partial charge in [0.25, 0.3) is 5.91 Å². The Hall–Kier alpha value is -1.74. The average molecular weight is 252 g/mol. The smallest absolute Gasteiger partial charge is 0.266 e. The molecule has 17 heavy (non-hydrogen) atoms. The number of carbonyl (C=O) groups is 1. The number of terminal acetylenes is 1. The minimum Gasteiger partial charge on any atom is -0.382 e. The van der Waals surface area contributed by atoms with Crippen molar-refractivity contribution in [2.24, 2.45) is 0 Å². The molecule has 92 valence electrons. The lowest BCUT2D eigenvalue weighted by Crippen LogP contribution is -2.41. The Morgan fingerprint density at radius 2 is 2.29 bits per heavy atom. The lowest BCUT2D eigenvalue weighted by Gasteiger charge is -2.18. The van der Waals surface area contributed by atoms with Gasteiger partial charge >= 0.3 is 0 Å². The Kier molecular flexibility index (Phi) is 3.97. The number of nitrogens with two attached hydrogens (primary N) is 1. The van der Waals surface area contributed by atoms with Crippen LogP contribution in [-0.2, 0) is 0 Å². The molecule has 0 unspecified atom stereocenters. The van der Waals surface area contributed by atoms with Crippen LogP contribution in [0.25, 0.3) is 0 Å². The van der Waals surface area contributed by atoms with Crippen LogP contribution in [0.2, 0.25) is 0 Å². The van der Waals surface area contributed by atoms with Gasteiger partial charge in [-0.3, -0.25) is 4.79 Å². The van der Waals surface area contributed by atoms with Gasteiger partial charge in [0.2, 0.25) is 0 Å². The van der Waals surface area contributed by atoms with Crippen LogP contribution < -0.4 is 16.4 Å². The van der Waals surface area contributed by atoms with Crippen molar-refractivity contribution < 1.29 is 4.79 Å². The lowest BCUT2D eigenvalue weighted by molar-refractivity contribution is 0.0934. The zero-order chi connectivity index (χ0) is 13.1. The van der Waals surface area contributed by atoms with Crippen LogP contribution in [0.3, 0.4) is 0 Å². The molecule has 0 aromatic carbocycles. The number of nitrogen functional groups attached to an aromatic ring is 1. The van der Waals surface area contributed by atoms with Crippen LogP contribution in [-0.4, -0.2) is 23.0 Å². The van der Waals surface area contributed by atoms with Crippen LogP contribution in [0.5, 0.6) is 0 Å². The van der Waals surface area contributed by atoms with Gasteiger partial charge in [-0.25, -0.2) is 4.98 Å².